The third-order valence-corrected chi connectivity index (χ3v) is 5.50. The van der Waals surface area contributed by atoms with Crippen molar-refractivity contribution in [2.24, 2.45) is 0 Å². The van der Waals surface area contributed by atoms with Crippen LogP contribution in [0.4, 0.5) is 0 Å². The average molecular weight is 412 g/mol. The summed E-state index contributed by atoms with van der Waals surface area (Å²) in [6, 6.07) is 16.6. The smallest absolute Gasteiger partial charge is 0.305 e. The summed E-state index contributed by atoms with van der Waals surface area (Å²) in [7, 11) is 1.68. The van der Waals surface area contributed by atoms with Crippen LogP contribution in [0, 0.1) is 0 Å². The second-order valence-corrected chi connectivity index (χ2v) is 7.63. The molecule has 0 aliphatic carbocycles. The Bertz CT molecular complexity index is 773. The molecule has 0 N–H and O–H groups in total. The summed E-state index contributed by atoms with van der Waals surface area (Å²) in [5.74, 6) is 0.756. The van der Waals surface area contributed by atoms with Gasteiger partial charge in [-0.2, -0.15) is 0 Å². The number of hydrogen-bond acceptors (Lipinski definition) is 5. The number of benzene rings is 2. The number of methoxy groups -OCH3 is 1. The minimum atomic E-state index is -0.107. The Labute approximate surface area is 179 Å². The normalized spacial score (nSPS) is 16.9. The molecule has 0 bridgehead atoms. The van der Waals surface area contributed by atoms with E-state index in [-0.39, 0.29) is 12.2 Å². The van der Waals surface area contributed by atoms with Crippen LogP contribution in [-0.4, -0.2) is 43.9 Å². The van der Waals surface area contributed by atoms with Crippen LogP contribution in [0.3, 0.4) is 0 Å². The van der Waals surface area contributed by atoms with Crippen LogP contribution in [0.1, 0.15) is 44.6 Å². The van der Waals surface area contributed by atoms with Crippen LogP contribution in [0.2, 0.25) is 0 Å². The summed E-state index contributed by atoms with van der Waals surface area (Å²) >= 11 is 0. The van der Waals surface area contributed by atoms with E-state index < -0.39 is 0 Å². The van der Waals surface area contributed by atoms with Crippen LogP contribution in [0.15, 0.2) is 48.5 Å². The first-order valence-corrected chi connectivity index (χ1v) is 10.9. The molecule has 162 valence electrons. The highest BCUT2D eigenvalue weighted by Crippen LogP contribution is 2.24. The first kappa shape index (κ1) is 22.3. The molecule has 30 heavy (non-hydrogen) atoms. The van der Waals surface area contributed by atoms with E-state index >= 15 is 0 Å². The number of carbonyl (C=O) groups is 1. The molecule has 1 atom stereocenters. The van der Waals surface area contributed by atoms with E-state index in [4.69, 9.17) is 14.2 Å². The Morgan fingerprint density at radius 3 is 2.40 bits per heavy atom. The molecule has 1 heterocycles. The highest BCUT2D eigenvalue weighted by atomic mass is 16.5. The molecule has 0 aromatic heterocycles. The van der Waals surface area contributed by atoms with Crippen LogP contribution in [-0.2, 0) is 20.9 Å². The standard InChI is InChI=1S/C25H33NO4/c1-3-29-25(27)8-6-18-26-17-5-4-7-24(26)30-19-20-9-11-21(12-10-20)22-13-15-23(28-2)16-14-22/h9-16,24H,3-8,17-19H2,1-2H3. The molecule has 1 fully saturated rings. The zero-order chi connectivity index (χ0) is 21.2. The summed E-state index contributed by atoms with van der Waals surface area (Å²) in [6.45, 7) is 4.80. The highest BCUT2D eigenvalue weighted by molar-refractivity contribution is 5.69. The van der Waals surface area contributed by atoms with Crippen LogP contribution >= 0.6 is 0 Å². The molecule has 1 aliphatic rings. The molecule has 2 aromatic carbocycles. The topological polar surface area (TPSA) is 48.0 Å². The zero-order valence-electron chi connectivity index (χ0n) is 18.1. The number of ether oxygens (including phenoxy) is 3. The number of esters is 1. The largest absolute Gasteiger partial charge is 0.497 e. The van der Waals surface area contributed by atoms with Crippen LogP contribution < -0.4 is 4.74 Å². The van der Waals surface area contributed by atoms with Gasteiger partial charge in [-0.25, -0.2) is 0 Å². The van der Waals surface area contributed by atoms with Crippen molar-refractivity contribution in [1.29, 1.82) is 0 Å². The molecule has 5 heteroatoms. The van der Waals surface area contributed by atoms with Gasteiger partial charge in [0.2, 0.25) is 0 Å². The fourth-order valence-corrected chi connectivity index (χ4v) is 3.83. The lowest BCUT2D eigenvalue weighted by molar-refractivity contribution is -0.143. The predicted molar refractivity (Wildman–Crippen MR) is 118 cm³/mol. The number of nitrogens with zero attached hydrogens (tertiary/aromatic N) is 1. The van der Waals surface area contributed by atoms with E-state index in [0.717, 1.165) is 31.7 Å². The molecule has 3 rings (SSSR count). The summed E-state index contributed by atoms with van der Waals surface area (Å²) in [4.78, 5) is 13.9. The van der Waals surface area contributed by atoms with Crippen molar-refractivity contribution in [3.8, 4) is 16.9 Å². The Kier molecular flexibility index (Phi) is 8.72. The molecule has 2 aromatic rings. The fourth-order valence-electron chi connectivity index (χ4n) is 3.83. The molecule has 5 nitrogen and oxygen atoms in total. The summed E-state index contributed by atoms with van der Waals surface area (Å²) in [5, 5.41) is 0. The lowest BCUT2D eigenvalue weighted by Crippen LogP contribution is -2.41. The van der Waals surface area contributed by atoms with Crippen molar-refractivity contribution < 1.29 is 19.0 Å². The molecule has 1 unspecified atom stereocenters. The predicted octanol–water partition coefficient (Wildman–Crippen LogP) is 5.03. The second kappa shape index (κ2) is 11.7. The van der Waals surface area contributed by atoms with Crippen molar-refractivity contribution in [1.82, 2.24) is 4.90 Å². The van der Waals surface area contributed by atoms with Gasteiger partial charge in [-0.15, -0.1) is 0 Å². The number of rotatable bonds is 10. The van der Waals surface area contributed by atoms with Gasteiger partial charge in [-0.3, -0.25) is 9.69 Å². The van der Waals surface area contributed by atoms with Gasteiger partial charge in [0.25, 0.3) is 0 Å². The zero-order valence-corrected chi connectivity index (χ0v) is 18.1. The van der Waals surface area contributed by atoms with Gasteiger partial charge in [0.15, 0.2) is 0 Å². The van der Waals surface area contributed by atoms with Crippen LogP contribution in [0.5, 0.6) is 5.75 Å². The number of hydrogen-bond donors (Lipinski definition) is 0. The van der Waals surface area contributed by atoms with Crippen molar-refractivity contribution in [3.63, 3.8) is 0 Å². The number of piperidine rings is 1. The molecule has 1 aliphatic heterocycles. The fraction of sp³-hybridized carbons (Fsp3) is 0.480. The summed E-state index contributed by atoms with van der Waals surface area (Å²) in [6.07, 6.45) is 4.84. The maximum atomic E-state index is 11.6. The quantitative estimate of drug-likeness (QED) is 0.513. The van der Waals surface area contributed by atoms with E-state index in [1.807, 2.05) is 19.1 Å². The molecule has 0 saturated carbocycles. The molecule has 1 saturated heterocycles. The van der Waals surface area contributed by atoms with Gasteiger partial charge >= 0.3 is 5.97 Å². The summed E-state index contributed by atoms with van der Waals surface area (Å²) in [5.41, 5.74) is 3.52. The Morgan fingerprint density at radius 1 is 1.03 bits per heavy atom. The van der Waals surface area contributed by atoms with Crippen molar-refractivity contribution in [2.45, 2.75) is 51.9 Å². The molecular weight excluding hydrogens is 378 g/mol. The van der Waals surface area contributed by atoms with Crippen LogP contribution in [0.25, 0.3) is 11.1 Å². The monoisotopic (exact) mass is 411 g/mol. The minimum absolute atomic E-state index is 0.107. The van der Waals surface area contributed by atoms with E-state index in [0.29, 0.717) is 19.6 Å². The Hall–Kier alpha value is -2.37. The van der Waals surface area contributed by atoms with E-state index in [9.17, 15) is 4.79 Å². The van der Waals surface area contributed by atoms with Gasteiger partial charge in [0.05, 0.1) is 20.3 Å². The lowest BCUT2D eigenvalue weighted by atomic mass is 10.0. The second-order valence-electron chi connectivity index (χ2n) is 7.63. The first-order chi connectivity index (χ1) is 14.7. The SMILES string of the molecule is CCOC(=O)CCCN1CCCCC1OCc1ccc(-c2ccc(OC)cc2)cc1. The van der Waals surface area contributed by atoms with Crippen molar-refractivity contribution in [2.75, 3.05) is 26.8 Å². The summed E-state index contributed by atoms with van der Waals surface area (Å²) < 4.78 is 16.5. The van der Waals surface area contributed by atoms with Gasteiger partial charge in [-0.1, -0.05) is 36.4 Å². The molecule has 0 radical (unpaired) electrons. The number of likely N-dealkylation sites (tertiary alicyclic amines) is 1. The van der Waals surface area contributed by atoms with Gasteiger partial charge in [-0.05, 0) is 61.4 Å². The van der Waals surface area contributed by atoms with Gasteiger partial charge < -0.3 is 14.2 Å². The van der Waals surface area contributed by atoms with Gasteiger partial charge in [0, 0.05) is 19.5 Å². The van der Waals surface area contributed by atoms with Gasteiger partial charge in [0.1, 0.15) is 12.0 Å². The number of carbonyl (C=O) groups excluding carboxylic acids is 1. The maximum absolute atomic E-state index is 11.6. The molecule has 0 amide bonds. The first-order valence-electron chi connectivity index (χ1n) is 10.9. The van der Waals surface area contributed by atoms with E-state index in [1.54, 1.807) is 7.11 Å². The minimum Gasteiger partial charge on any atom is -0.497 e. The third kappa shape index (κ3) is 6.57. The van der Waals surface area contributed by atoms with Crippen molar-refractivity contribution in [3.05, 3.63) is 54.1 Å². The van der Waals surface area contributed by atoms with E-state index in [1.165, 1.54) is 29.5 Å². The van der Waals surface area contributed by atoms with E-state index in [2.05, 4.69) is 41.3 Å². The molecule has 0 spiro atoms. The molecular formula is C25H33NO4. The third-order valence-electron chi connectivity index (χ3n) is 5.50. The average Bonchev–Trinajstić information content (AvgIpc) is 2.79. The Balaban J connectivity index is 1.49. The highest BCUT2D eigenvalue weighted by Gasteiger charge is 2.22. The lowest BCUT2D eigenvalue weighted by Gasteiger charge is -2.35. The maximum Gasteiger partial charge on any atom is 0.305 e. The Morgan fingerprint density at radius 2 is 1.73 bits per heavy atom. The van der Waals surface area contributed by atoms with Crippen molar-refractivity contribution >= 4 is 5.97 Å².